The average Bonchev–Trinajstić information content (AvgIpc) is 2.95. The number of ether oxygens (including phenoxy) is 1. The number of nitrogens with one attached hydrogen (secondary N) is 1. The molecule has 0 bridgehead atoms. The van der Waals surface area contributed by atoms with Crippen LogP contribution < -0.4 is 5.32 Å². The molecule has 114 valence electrons. The Balaban J connectivity index is 2.04. The molecule has 0 aliphatic heterocycles. The highest BCUT2D eigenvalue weighted by Gasteiger charge is 2.39. The third-order valence-corrected chi connectivity index (χ3v) is 4.24. The maximum Gasteiger partial charge on any atom is 0.226 e. The zero-order chi connectivity index (χ0) is 14.4. The third kappa shape index (κ3) is 3.58. The van der Waals surface area contributed by atoms with Crippen molar-refractivity contribution in [3.63, 3.8) is 0 Å². The molecule has 0 spiro atoms. The second-order valence-electron chi connectivity index (χ2n) is 5.73. The molecule has 2 rings (SSSR count). The number of aryl methyl sites for hydroxylation is 1. The van der Waals surface area contributed by atoms with Crippen molar-refractivity contribution in [3.05, 3.63) is 11.7 Å². The Morgan fingerprint density at radius 2 is 2.10 bits per heavy atom. The van der Waals surface area contributed by atoms with Gasteiger partial charge in [-0.3, -0.25) is 0 Å². The van der Waals surface area contributed by atoms with E-state index in [1.807, 2.05) is 14.0 Å². The van der Waals surface area contributed by atoms with Gasteiger partial charge < -0.3 is 14.6 Å². The van der Waals surface area contributed by atoms with E-state index in [4.69, 9.17) is 9.26 Å². The lowest BCUT2D eigenvalue weighted by Gasteiger charge is -2.33. The van der Waals surface area contributed by atoms with Gasteiger partial charge in [0.2, 0.25) is 11.7 Å². The van der Waals surface area contributed by atoms with Crippen molar-refractivity contribution in [3.8, 4) is 0 Å². The zero-order valence-corrected chi connectivity index (χ0v) is 12.9. The van der Waals surface area contributed by atoms with Crippen LogP contribution in [0.1, 0.15) is 64.1 Å². The van der Waals surface area contributed by atoms with Crippen molar-refractivity contribution in [1.29, 1.82) is 0 Å². The van der Waals surface area contributed by atoms with Crippen molar-refractivity contribution in [2.75, 3.05) is 13.7 Å². The van der Waals surface area contributed by atoms with Crippen LogP contribution in [0.15, 0.2) is 4.52 Å². The Bertz CT molecular complexity index is 394. The fourth-order valence-electron chi connectivity index (χ4n) is 2.86. The van der Waals surface area contributed by atoms with Gasteiger partial charge in [-0.25, -0.2) is 0 Å². The number of rotatable bonds is 7. The van der Waals surface area contributed by atoms with E-state index in [0.717, 1.165) is 37.4 Å². The van der Waals surface area contributed by atoms with Crippen molar-refractivity contribution in [2.24, 2.45) is 0 Å². The zero-order valence-electron chi connectivity index (χ0n) is 12.9. The molecular weight excluding hydrogens is 254 g/mol. The molecule has 1 heterocycles. The Hall–Kier alpha value is -0.940. The summed E-state index contributed by atoms with van der Waals surface area (Å²) in [6.07, 6.45) is 7.47. The minimum Gasteiger partial charge on any atom is -0.367 e. The molecule has 0 aromatic carbocycles. The largest absolute Gasteiger partial charge is 0.367 e. The molecule has 5 nitrogen and oxygen atoms in total. The van der Waals surface area contributed by atoms with E-state index in [0.29, 0.717) is 12.6 Å². The van der Waals surface area contributed by atoms with Gasteiger partial charge in [0.15, 0.2) is 0 Å². The van der Waals surface area contributed by atoms with Crippen LogP contribution in [-0.4, -0.2) is 29.8 Å². The van der Waals surface area contributed by atoms with E-state index in [-0.39, 0.29) is 5.60 Å². The van der Waals surface area contributed by atoms with Crippen molar-refractivity contribution in [1.82, 2.24) is 15.5 Å². The van der Waals surface area contributed by atoms with Crippen LogP contribution in [0.3, 0.4) is 0 Å². The first-order valence-electron chi connectivity index (χ1n) is 7.84. The fraction of sp³-hybridized carbons (Fsp3) is 0.867. The molecule has 1 aromatic rings. The normalized spacial score (nSPS) is 19.9. The minimum absolute atomic E-state index is 0.302. The van der Waals surface area contributed by atoms with E-state index in [2.05, 4.69) is 22.4 Å². The lowest BCUT2D eigenvalue weighted by atomic mass is 9.84. The molecule has 1 aliphatic rings. The summed E-state index contributed by atoms with van der Waals surface area (Å²) < 4.78 is 11.4. The molecule has 1 aliphatic carbocycles. The predicted molar refractivity (Wildman–Crippen MR) is 77.5 cm³/mol. The predicted octanol–water partition coefficient (Wildman–Crippen LogP) is 2.81. The first kappa shape index (κ1) is 15.4. The highest BCUT2D eigenvalue weighted by Crippen LogP contribution is 2.39. The van der Waals surface area contributed by atoms with Crippen molar-refractivity contribution >= 4 is 0 Å². The summed E-state index contributed by atoms with van der Waals surface area (Å²) in [5.41, 5.74) is -0.302. The molecule has 1 atom stereocenters. The molecule has 1 unspecified atom stereocenters. The number of hydrogen-bond acceptors (Lipinski definition) is 5. The molecule has 1 fully saturated rings. The van der Waals surface area contributed by atoms with Gasteiger partial charge in [0.1, 0.15) is 5.60 Å². The molecule has 0 radical (unpaired) electrons. The van der Waals surface area contributed by atoms with Gasteiger partial charge >= 0.3 is 0 Å². The van der Waals surface area contributed by atoms with E-state index in [1.165, 1.54) is 19.3 Å². The molecule has 20 heavy (non-hydrogen) atoms. The number of nitrogens with zero attached hydrogens (tertiary/aromatic N) is 2. The van der Waals surface area contributed by atoms with Gasteiger partial charge in [0.05, 0.1) is 0 Å². The fourth-order valence-corrected chi connectivity index (χ4v) is 2.86. The topological polar surface area (TPSA) is 60.2 Å². The number of aromatic nitrogens is 2. The Morgan fingerprint density at radius 1 is 1.35 bits per heavy atom. The average molecular weight is 281 g/mol. The molecule has 0 amide bonds. The van der Waals surface area contributed by atoms with E-state index < -0.39 is 0 Å². The van der Waals surface area contributed by atoms with Crippen LogP contribution in [0, 0.1) is 0 Å². The second-order valence-corrected chi connectivity index (χ2v) is 5.73. The summed E-state index contributed by atoms with van der Waals surface area (Å²) in [5.74, 6) is 1.48. The quantitative estimate of drug-likeness (QED) is 0.832. The number of hydrogen-bond donors (Lipinski definition) is 1. The van der Waals surface area contributed by atoms with Gasteiger partial charge in [-0.1, -0.05) is 24.4 Å². The van der Waals surface area contributed by atoms with E-state index >= 15 is 0 Å². The summed E-state index contributed by atoms with van der Waals surface area (Å²) in [6, 6.07) is 0.459. The van der Waals surface area contributed by atoms with Crippen LogP contribution in [-0.2, 0) is 16.8 Å². The summed E-state index contributed by atoms with van der Waals surface area (Å²) in [5, 5.41) is 7.42. The summed E-state index contributed by atoms with van der Waals surface area (Å²) in [7, 11) is 1.97. The summed E-state index contributed by atoms with van der Waals surface area (Å²) in [6.45, 7) is 4.88. The lowest BCUT2D eigenvalue weighted by Crippen LogP contribution is -2.33. The molecule has 0 saturated heterocycles. The van der Waals surface area contributed by atoms with Crippen LogP contribution in [0.5, 0.6) is 0 Å². The highest BCUT2D eigenvalue weighted by molar-refractivity contribution is 5.03. The first-order chi connectivity index (χ1) is 9.70. The van der Waals surface area contributed by atoms with Crippen LogP contribution >= 0.6 is 0 Å². The van der Waals surface area contributed by atoms with Crippen LogP contribution in [0.4, 0.5) is 0 Å². The maximum atomic E-state index is 6.02. The Labute approximate surface area is 121 Å². The highest BCUT2D eigenvalue weighted by atomic mass is 16.5. The Morgan fingerprint density at radius 3 is 2.75 bits per heavy atom. The van der Waals surface area contributed by atoms with Gasteiger partial charge in [-0.15, -0.1) is 0 Å². The van der Waals surface area contributed by atoms with E-state index in [1.54, 1.807) is 0 Å². The van der Waals surface area contributed by atoms with Crippen LogP contribution in [0.2, 0.25) is 0 Å². The standard InChI is InChI=1S/C15H27N3O2/c1-4-19-15(10-6-5-7-11-15)14-17-13(20-18-14)9-8-12(2)16-3/h12,16H,4-11H2,1-3H3. The first-order valence-corrected chi connectivity index (χ1v) is 7.84. The van der Waals surface area contributed by atoms with Gasteiger partial charge in [-0.2, -0.15) is 4.98 Å². The smallest absolute Gasteiger partial charge is 0.226 e. The molecule has 1 saturated carbocycles. The van der Waals surface area contributed by atoms with Crippen LogP contribution in [0.25, 0.3) is 0 Å². The van der Waals surface area contributed by atoms with Crippen molar-refractivity contribution in [2.45, 2.75) is 70.4 Å². The third-order valence-electron chi connectivity index (χ3n) is 4.24. The van der Waals surface area contributed by atoms with Gasteiger partial charge in [-0.05, 0) is 40.2 Å². The SMILES string of the molecule is CCOC1(c2noc(CCC(C)NC)n2)CCCCC1. The minimum atomic E-state index is -0.302. The molecule has 1 aromatic heterocycles. The summed E-state index contributed by atoms with van der Waals surface area (Å²) in [4.78, 5) is 4.60. The maximum absolute atomic E-state index is 6.02. The van der Waals surface area contributed by atoms with E-state index in [9.17, 15) is 0 Å². The monoisotopic (exact) mass is 281 g/mol. The van der Waals surface area contributed by atoms with Gasteiger partial charge in [0.25, 0.3) is 0 Å². The lowest BCUT2D eigenvalue weighted by molar-refractivity contribution is -0.0777. The van der Waals surface area contributed by atoms with Crippen molar-refractivity contribution < 1.29 is 9.26 Å². The second kappa shape index (κ2) is 7.18. The summed E-state index contributed by atoms with van der Waals surface area (Å²) >= 11 is 0. The van der Waals surface area contributed by atoms with Gasteiger partial charge in [0, 0.05) is 19.1 Å². The Kier molecular flexibility index (Phi) is 5.54. The molecular formula is C15H27N3O2. The molecule has 5 heteroatoms. The molecule has 1 N–H and O–H groups in total.